The van der Waals surface area contributed by atoms with E-state index in [9.17, 15) is 0 Å². The predicted molar refractivity (Wildman–Crippen MR) is 84.4 cm³/mol. The molecule has 0 aromatic carbocycles. The first-order valence-corrected chi connectivity index (χ1v) is 7.82. The molecule has 1 heterocycles. The quantitative estimate of drug-likeness (QED) is 0.802. The second kappa shape index (κ2) is 7.43. The molecule has 5 heteroatoms. The van der Waals surface area contributed by atoms with Crippen LogP contribution in [-0.2, 0) is 18.2 Å². The largest absolute Gasteiger partial charge is 0.374 e. The Hall–Kier alpha value is -0.580. The lowest BCUT2D eigenvalue weighted by Crippen LogP contribution is -2.52. The Morgan fingerprint density at radius 2 is 1.95 bits per heavy atom. The van der Waals surface area contributed by atoms with Gasteiger partial charge in [0.1, 0.15) is 0 Å². The van der Waals surface area contributed by atoms with Crippen LogP contribution in [-0.4, -0.2) is 35.1 Å². The molecule has 0 spiro atoms. The van der Waals surface area contributed by atoms with Crippen LogP contribution in [0.15, 0.2) is 0 Å². The minimum absolute atomic E-state index is 0.162. The maximum absolute atomic E-state index is 6.38. The topological polar surface area (TPSA) is 39.1 Å². The molecule has 0 aliphatic heterocycles. The van der Waals surface area contributed by atoms with Crippen molar-refractivity contribution in [3.8, 4) is 0 Å². The molecule has 1 N–H and O–H groups in total. The van der Waals surface area contributed by atoms with Crippen LogP contribution in [0.2, 0.25) is 5.02 Å². The second-order valence-electron chi connectivity index (χ2n) is 5.22. The van der Waals surface area contributed by atoms with Crippen molar-refractivity contribution >= 4 is 11.6 Å². The van der Waals surface area contributed by atoms with Crippen molar-refractivity contribution < 1.29 is 4.74 Å². The maximum Gasteiger partial charge on any atom is 0.0847 e. The summed E-state index contributed by atoms with van der Waals surface area (Å²) in [7, 11) is 3.93. The van der Waals surface area contributed by atoms with E-state index in [0.29, 0.717) is 0 Å². The highest BCUT2D eigenvalue weighted by molar-refractivity contribution is 6.31. The minimum Gasteiger partial charge on any atom is -0.374 e. The molecule has 0 aliphatic carbocycles. The smallest absolute Gasteiger partial charge is 0.0847 e. The lowest BCUT2D eigenvalue weighted by Gasteiger charge is -2.39. The van der Waals surface area contributed by atoms with E-state index in [1.54, 1.807) is 0 Å². The van der Waals surface area contributed by atoms with Gasteiger partial charge in [-0.1, -0.05) is 25.4 Å². The van der Waals surface area contributed by atoms with Crippen molar-refractivity contribution in [3.05, 3.63) is 16.4 Å². The third-order valence-corrected chi connectivity index (χ3v) is 4.76. The zero-order valence-electron chi connectivity index (χ0n) is 13.6. The first-order chi connectivity index (χ1) is 9.45. The first kappa shape index (κ1) is 17.5. The van der Waals surface area contributed by atoms with Gasteiger partial charge < -0.3 is 10.1 Å². The summed E-state index contributed by atoms with van der Waals surface area (Å²) in [6, 6.07) is 0.213. The Kier molecular flexibility index (Phi) is 6.49. The van der Waals surface area contributed by atoms with E-state index >= 15 is 0 Å². The van der Waals surface area contributed by atoms with Gasteiger partial charge in [0.15, 0.2) is 0 Å². The molecular formula is C15H28ClN3O. The number of nitrogens with one attached hydrogen (secondary N) is 1. The molecule has 1 unspecified atom stereocenters. The number of rotatable bonds is 8. The van der Waals surface area contributed by atoms with Gasteiger partial charge in [-0.05, 0) is 33.7 Å². The van der Waals surface area contributed by atoms with Crippen LogP contribution in [0.3, 0.4) is 0 Å². The van der Waals surface area contributed by atoms with E-state index in [0.717, 1.165) is 42.3 Å². The monoisotopic (exact) mass is 301 g/mol. The Balaban J connectivity index is 3.06. The number of aromatic nitrogens is 2. The standard InChI is InChI=1S/C15H28ClN3O/c1-7-15(8-2,20-9-3)13(17-5)10-12-14(16)11(4)18-19(12)6/h13,17H,7-10H2,1-6H3. The Morgan fingerprint density at radius 1 is 1.35 bits per heavy atom. The number of ether oxygens (including phenoxy) is 1. The SMILES string of the molecule is CCOC(CC)(CC)C(Cc1c(Cl)c(C)nn1C)NC. The fraction of sp³-hybridized carbons (Fsp3) is 0.800. The van der Waals surface area contributed by atoms with Gasteiger partial charge in [0.2, 0.25) is 0 Å². The van der Waals surface area contributed by atoms with Crippen molar-refractivity contribution in [1.82, 2.24) is 15.1 Å². The van der Waals surface area contributed by atoms with Crippen molar-refractivity contribution in [1.29, 1.82) is 0 Å². The average Bonchev–Trinajstić information content (AvgIpc) is 2.68. The zero-order chi connectivity index (χ0) is 15.3. The fourth-order valence-electron chi connectivity index (χ4n) is 2.98. The van der Waals surface area contributed by atoms with E-state index in [2.05, 4.69) is 24.3 Å². The normalized spacial score (nSPS) is 13.8. The van der Waals surface area contributed by atoms with Gasteiger partial charge in [-0.3, -0.25) is 4.68 Å². The molecule has 116 valence electrons. The fourth-order valence-corrected chi connectivity index (χ4v) is 3.22. The van der Waals surface area contributed by atoms with Crippen molar-refractivity contribution in [2.45, 2.75) is 58.6 Å². The number of hydrogen-bond acceptors (Lipinski definition) is 3. The maximum atomic E-state index is 6.38. The van der Waals surface area contributed by atoms with Crippen LogP contribution in [0.5, 0.6) is 0 Å². The van der Waals surface area contributed by atoms with Crippen LogP contribution in [0.1, 0.15) is 45.0 Å². The van der Waals surface area contributed by atoms with Gasteiger partial charge in [0, 0.05) is 26.1 Å². The lowest BCUT2D eigenvalue weighted by atomic mass is 9.85. The molecule has 0 bridgehead atoms. The highest BCUT2D eigenvalue weighted by atomic mass is 35.5. The zero-order valence-corrected chi connectivity index (χ0v) is 14.3. The van der Waals surface area contributed by atoms with Gasteiger partial charge in [-0.15, -0.1) is 0 Å². The second-order valence-corrected chi connectivity index (χ2v) is 5.60. The minimum atomic E-state index is -0.162. The molecule has 0 radical (unpaired) electrons. The summed E-state index contributed by atoms with van der Waals surface area (Å²) in [6.45, 7) is 9.07. The molecule has 20 heavy (non-hydrogen) atoms. The Morgan fingerprint density at radius 3 is 2.30 bits per heavy atom. The van der Waals surface area contributed by atoms with Crippen LogP contribution in [0.4, 0.5) is 0 Å². The molecule has 0 saturated carbocycles. The molecule has 1 aromatic rings. The van der Waals surface area contributed by atoms with Crippen molar-refractivity contribution in [2.24, 2.45) is 7.05 Å². The van der Waals surface area contributed by atoms with E-state index in [4.69, 9.17) is 16.3 Å². The molecule has 4 nitrogen and oxygen atoms in total. The number of aryl methyl sites for hydroxylation is 2. The summed E-state index contributed by atoms with van der Waals surface area (Å²) in [5.74, 6) is 0. The molecule has 0 amide bonds. The summed E-state index contributed by atoms with van der Waals surface area (Å²) in [5.41, 5.74) is 1.79. The summed E-state index contributed by atoms with van der Waals surface area (Å²) in [6.07, 6.45) is 2.75. The average molecular weight is 302 g/mol. The van der Waals surface area contributed by atoms with E-state index in [-0.39, 0.29) is 11.6 Å². The van der Waals surface area contributed by atoms with Gasteiger partial charge in [0.25, 0.3) is 0 Å². The van der Waals surface area contributed by atoms with Gasteiger partial charge >= 0.3 is 0 Å². The molecule has 0 saturated heterocycles. The van der Waals surface area contributed by atoms with Crippen LogP contribution < -0.4 is 5.32 Å². The first-order valence-electron chi connectivity index (χ1n) is 7.44. The van der Waals surface area contributed by atoms with Crippen molar-refractivity contribution in [3.63, 3.8) is 0 Å². The molecular weight excluding hydrogens is 274 g/mol. The Bertz CT molecular complexity index is 427. The summed E-state index contributed by atoms with van der Waals surface area (Å²) in [4.78, 5) is 0. The summed E-state index contributed by atoms with van der Waals surface area (Å²) in [5, 5.41) is 8.58. The number of halogens is 1. The number of likely N-dealkylation sites (N-methyl/N-ethyl adjacent to an activating group) is 1. The highest BCUT2D eigenvalue weighted by Crippen LogP contribution is 2.29. The molecule has 0 fully saturated rings. The Labute approximate surface area is 127 Å². The lowest BCUT2D eigenvalue weighted by molar-refractivity contribution is -0.0706. The molecule has 1 aromatic heterocycles. The van der Waals surface area contributed by atoms with Crippen molar-refractivity contribution in [2.75, 3.05) is 13.7 Å². The molecule has 0 aliphatic rings. The number of nitrogens with zero attached hydrogens (tertiary/aromatic N) is 2. The van der Waals surface area contributed by atoms with E-state index in [1.165, 1.54) is 0 Å². The highest BCUT2D eigenvalue weighted by Gasteiger charge is 2.36. The van der Waals surface area contributed by atoms with Crippen LogP contribution in [0, 0.1) is 6.92 Å². The van der Waals surface area contributed by atoms with Gasteiger partial charge in [0.05, 0.1) is 22.0 Å². The molecule has 1 atom stereocenters. The van der Waals surface area contributed by atoms with Crippen LogP contribution in [0.25, 0.3) is 0 Å². The third kappa shape index (κ3) is 3.35. The van der Waals surface area contributed by atoms with E-state index < -0.39 is 0 Å². The van der Waals surface area contributed by atoms with Gasteiger partial charge in [-0.2, -0.15) is 5.10 Å². The van der Waals surface area contributed by atoms with E-state index in [1.807, 2.05) is 32.6 Å². The summed E-state index contributed by atoms with van der Waals surface area (Å²) < 4.78 is 7.98. The molecule has 1 rings (SSSR count). The summed E-state index contributed by atoms with van der Waals surface area (Å²) >= 11 is 6.38. The predicted octanol–water partition coefficient (Wildman–Crippen LogP) is 3.11. The van der Waals surface area contributed by atoms with Crippen LogP contribution >= 0.6 is 11.6 Å². The number of hydrogen-bond donors (Lipinski definition) is 1. The van der Waals surface area contributed by atoms with Gasteiger partial charge in [-0.25, -0.2) is 0 Å². The third-order valence-electron chi connectivity index (χ3n) is 4.27.